The third-order valence-electron chi connectivity index (χ3n) is 4.00. The van der Waals surface area contributed by atoms with Crippen molar-refractivity contribution >= 4 is 21.8 Å². The van der Waals surface area contributed by atoms with Crippen molar-refractivity contribution < 1.29 is 0 Å². The van der Waals surface area contributed by atoms with Crippen molar-refractivity contribution in [3.8, 4) is 0 Å². The molecule has 2 N–H and O–H groups in total. The second-order valence-electron chi connectivity index (χ2n) is 6.13. The molecule has 3 rings (SSSR count). The highest BCUT2D eigenvalue weighted by molar-refractivity contribution is 6.07. The van der Waals surface area contributed by atoms with Crippen LogP contribution in [0.3, 0.4) is 0 Å². The van der Waals surface area contributed by atoms with E-state index in [9.17, 15) is 0 Å². The molecule has 22 heavy (non-hydrogen) atoms. The number of aromatic nitrogens is 2. The molecule has 0 unspecified atom stereocenters. The van der Waals surface area contributed by atoms with Crippen LogP contribution in [0.25, 0.3) is 21.8 Å². The topological polar surface area (TPSA) is 44.0 Å². The minimum Gasteiger partial charge on any atom is -0.353 e. The molecule has 0 amide bonds. The number of fused-ring (bicyclic) bond motifs is 3. The molecule has 0 fully saturated rings. The Balaban J connectivity index is 1.78. The second kappa shape index (κ2) is 6.46. The maximum absolute atomic E-state index is 4.73. The monoisotopic (exact) mass is 296 g/mol. The lowest BCUT2D eigenvalue weighted by atomic mass is 10.1. The van der Waals surface area contributed by atoms with E-state index in [4.69, 9.17) is 4.98 Å². The van der Waals surface area contributed by atoms with Crippen LogP contribution in [0.4, 0.5) is 0 Å². The number of H-pyrrole nitrogens is 1. The molecule has 0 saturated heterocycles. The minimum absolute atomic E-state index is 0.823. The van der Waals surface area contributed by atoms with Crippen molar-refractivity contribution in [3.05, 3.63) is 41.7 Å². The fourth-order valence-electron chi connectivity index (χ4n) is 2.90. The molecule has 1 aromatic carbocycles. The molecular formula is C18H24N4. The Bertz CT molecular complexity index is 773. The van der Waals surface area contributed by atoms with E-state index in [-0.39, 0.29) is 0 Å². The fourth-order valence-corrected chi connectivity index (χ4v) is 2.90. The van der Waals surface area contributed by atoms with Crippen molar-refractivity contribution in [1.82, 2.24) is 20.2 Å². The number of rotatable bonds is 6. The van der Waals surface area contributed by atoms with Crippen molar-refractivity contribution in [1.29, 1.82) is 0 Å². The van der Waals surface area contributed by atoms with Gasteiger partial charge in [0, 0.05) is 22.8 Å². The summed E-state index contributed by atoms with van der Waals surface area (Å²) in [6, 6.07) is 10.6. The molecule has 0 atom stereocenters. The van der Waals surface area contributed by atoms with Gasteiger partial charge in [-0.2, -0.15) is 0 Å². The summed E-state index contributed by atoms with van der Waals surface area (Å²) >= 11 is 0. The molecule has 3 aromatic rings. The van der Waals surface area contributed by atoms with E-state index in [1.807, 2.05) is 0 Å². The SMILES string of the molecule is Cc1nc(CNCCCN(C)C)cc2c1[nH]c1ccccc12. The number of benzene rings is 1. The van der Waals surface area contributed by atoms with Crippen LogP contribution < -0.4 is 5.32 Å². The fraction of sp³-hybridized carbons (Fsp3) is 0.389. The van der Waals surface area contributed by atoms with Crippen LogP contribution >= 0.6 is 0 Å². The number of aryl methyl sites for hydroxylation is 1. The van der Waals surface area contributed by atoms with Crippen LogP contribution in [0.15, 0.2) is 30.3 Å². The van der Waals surface area contributed by atoms with Gasteiger partial charge in [-0.3, -0.25) is 4.98 Å². The molecule has 0 saturated carbocycles. The first kappa shape index (κ1) is 15.0. The predicted octanol–water partition coefficient (Wildman–Crippen LogP) is 3.07. The lowest BCUT2D eigenvalue weighted by molar-refractivity contribution is 0.394. The van der Waals surface area contributed by atoms with Crippen molar-refractivity contribution in [3.63, 3.8) is 0 Å². The maximum atomic E-state index is 4.73. The number of aromatic amines is 1. The number of para-hydroxylation sites is 1. The summed E-state index contributed by atoms with van der Waals surface area (Å²) < 4.78 is 0. The van der Waals surface area contributed by atoms with Crippen LogP contribution in [-0.4, -0.2) is 42.1 Å². The molecule has 0 aliphatic carbocycles. The quantitative estimate of drug-likeness (QED) is 0.687. The molecule has 4 nitrogen and oxygen atoms in total. The average molecular weight is 296 g/mol. The largest absolute Gasteiger partial charge is 0.353 e. The first-order valence-electron chi connectivity index (χ1n) is 7.87. The van der Waals surface area contributed by atoms with Gasteiger partial charge in [-0.05, 0) is 52.7 Å². The summed E-state index contributed by atoms with van der Waals surface area (Å²) in [6.07, 6.45) is 1.15. The first-order valence-corrected chi connectivity index (χ1v) is 7.87. The van der Waals surface area contributed by atoms with Crippen LogP contribution in [0.1, 0.15) is 17.8 Å². The van der Waals surface area contributed by atoms with Gasteiger partial charge in [-0.15, -0.1) is 0 Å². The van der Waals surface area contributed by atoms with E-state index in [1.54, 1.807) is 0 Å². The zero-order valence-corrected chi connectivity index (χ0v) is 13.6. The van der Waals surface area contributed by atoms with E-state index in [0.29, 0.717) is 0 Å². The Morgan fingerprint density at radius 2 is 2.00 bits per heavy atom. The summed E-state index contributed by atoms with van der Waals surface area (Å²) in [5.74, 6) is 0. The summed E-state index contributed by atoms with van der Waals surface area (Å²) in [4.78, 5) is 10.4. The number of nitrogens with one attached hydrogen (secondary N) is 2. The Kier molecular flexibility index (Phi) is 4.41. The zero-order chi connectivity index (χ0) is 15.5. The normalized spacial score (nSPS) is 11.8. The van der Waals surface area contributed by atoms with Crippen LogP contribution in [0, 0.1) is 6.92 Å². The van der Waals surface area contributed by atoms with Gasteiger partial charge in [0.25, 0.3) is 0 Å². The molecule has 2 aromatic heterocycles. The van der Waals surface area contributed by atoms with Gasteiger partial charge in [0.15, 0.2) is 0 Å². The van der Waals surface area contributed by atoms with Gasteiger partial charge in [-0.25, -0.2) is 0 Å². The van der Waals surface area contributed by atoms with Gasteiger partial charge >= 0.3 is 0 Å². The summed E-state index contributed by atoms with van der Waals surface area (Å²) in [6.45, 7) is 5.03. The smallest absolute Gasteiger partial charge is 0.0681 e. The third kappa shape index (κ3) is 3.13. The maximum Gasteiger partial charge on any atom is 0.0681 e. The lowest BCUT2D eigenvalue weighted by Crippen LogP contribution is -2.21. The Labute approximate surface area is 131 Å². The van der Waals surface area contributed by atoms with Gasteiger partial charge in [0.2, 0.25) is 0 Å². The number of pyridine rings is 1. The van der Waals surface area contributed by atoms with E-state index >= 15 is 0 Å². The lowest BCUT2D eigenvalue weighted by Gasteiger charge is -2.10. The summed E-state index contributed by atoms with van der Waals surface area (Å²) in [7, 11) is 4.21. The summed E-state index contributed by atoms with van der Waals surface area (Å²) in [5.41, 5.74) is 4.51. The average Bonchev–Trinajstić information content (AvgIpc) is 2.86. The highest BCUT2D eigenvalue weighted by Gasteiger charge is 2.08. The van der Waals surface area contributed by atoms with E-state index in [1.165, 1.54) is 16.3 Å². The van der Waals surface area contributed by atoms with Gasteiger partial charge in [0.1, 0.15) is 0 Å². The molecule has 0 radical (unpaired) electrons. The van der Waals surface area contributed by atoms with Crippen molar-refractivity contribution in [2.75, 3.05) is 27.2 Å². The van der Waals surface area contributed by atoms with Crippen molar-refractivity contribution in [2.45, 2.75) is 19.9 Å². The van der Waals surface area contributed by atoms with Crippen molar-refractivity contribution in [2.24, 2.45) is 0 Å². The van der Waals surface area contributed by atoms with Crippen LogP contribution in [-0.2, 0) is 6.54 Å². The minimum atomic E-state index is 0.823. The van der Waals surface area contributed by atoms with Crippen LogP contribution in [0.5, 0.6) is 0 Å². The van der Waals surface area contributed by atoms with E-state index in [2.05, 4.69) is 66.6 Å². The van der Waals surface area contributed by atoms with Gasteiger partial charge in [0.05, 0.1) is 16.9 Å². The molecule has 0 spiro atoms. The Morgan fingerprint density at radius 3 is 2.82 bits per heavy atom. The molecule has 4 heteroatoms. The standard InChI is InChI=1S/C18H24N4/c1-13-18-16(15-7-4-5-8-17(15)21-18)11-14(20-13)12-19-9-6-10-22(2)3/h4-5,7-8,11,19,21H,6,9-10,12H2,1-3H3. The zero-order valence-electron chi connectivity index (χ0n) is 13.6. The molecule has 116 valence electrons. The molecule has 0 bridgehead atoms. The Hall–Kier alpha value is -1.91. The number of nitrogens with zero attached hydrogens (tertiary/aromatic N) is 2. The predicted molar refractivity (Wildman–Crippen MR) is 93.2 cm³/mol. The highest BCUT2D eigenvalue weighted by atomic mass is 15.1. The van der Waals surface area contributed by atoms with Crippen LogP contribution in [0.2, 0.25) is 0 Å². The Morgan fingerprint density at radius 1 is 1.18 bits per heavy atom. The molecule has 0 aliphatic rings. The molecule has 2 heterocycles. The van der Waals surface area contributed by atoms with Gasteiger partial charge < -0.3 is 15.2 Å². The van der Waals surface area contributed by atoms with Gasteiger partial charge in [-0.1, -0.05) is 18.2 Å². The van der Waals surface area contributed by atoms with E-state index < -0.39 is 0 Å². The second-order valence-corrected chi connectivity index (χ2v) is 6.13. The number of hydrogen-bond donors (Lipinski definition) is 2. The number of hydrogen-bond acceptors (Lipinski definition) is 3. The first-order chi connectivity index (χ1) is 10.6. The highest BCUT2D eigenvalue weighted by Crippen LogP contribution is 2.27. The third-order valence-corrected chi connectivity index (χ3v) is 4.00. The molecule has 0 aliphatic heterocycles. The van der Waals surface area contributed by atoms with E-state index in [0.717, 1.165) is 43.0 Å². The molecular weight excluding hydrogens is 272 g/mol. The summed E-state index contributed by atoms with van der Waals surface area (Å²) in [5, 5.41) is 6.04.